The first-order valence-corrected chi connectivity index (χ1v) is 6.90. The maximum atomic E-state index is 12.0. The van der Waals surface area contributed by atoms with Crippen LogP contribution in [0.5, 0.6) is 0 Å². The maximum Gasteiger partial charge on any atom is 0.230 e. The van der Waals surface area contributed by atoms with Crippen LogP contribution in [0, 0.1) is 0 Å². The first kappa shape index (κ1) is 13.9. The Kier molecular flexibility index (Phi) is 3.77. The Hall–Kier alpha value is -2.11. The van der Waals surface area contributed by atoms with Crippen LogP contribution in [0.25, 0.3) is 5.65 Å². The van der Waals surface area contributed by atoms with Gasteiger partial charge in [-0.2, -0.15) is 0 Å². The molecule has 0 saturated heterocycles. The van der Waals surface area contributed by atoms with E-state index in [9.17, 15) is 4.79 Å². The molecule has 0 aliphatic heterocycles. The Bertz CT molecular complexity index is 801. The third kappa shape index (κ3) is 3.15. The van der Waals surface area contributed by atoms with Crippen LogP contribution in [0.3, 0.4) is 0 Å². The standard InChI is InChI=1S/C14H10Cl2N4O/c15-9-5-12(16)14-19-11(8-20(14)7-9)6-13(21)18-10-1-3-17-4-2-10/h1-5,7-8H,6H2,(H,17,18,21). The lowest BCUT2D eigenvalue weighted by molar-refractivity contribution is -0.115. The Balaban J connectivity index is 1.79. The van der Waals surface area contributed by atoms with Gasteiger partial charge in [-0.25, -0.2) is 4.98 Å². The Morgan fingerprint density at radius 1 is 1.24 bits per heavy atom. The van der Waals surface area contributed by atoms with E-state index in [-0.39, 0.29) is 12.3 Å². The van der Waals surface area contributed by atoms with Crippen LogP contribution in [0.15, 0.2) is 43.0 Å². The van der Waals surface area contributed by atoms with Gasteiger partial charge in [0.25, 0.3) is 0 Å². The van der Waals surface area contributed by atoms with Crippen LogP contribution in [0.4, 0.5) is 5.69 Å². The molecule has 3 aromatic rings. The fraction of sp³-hybridized carbons (Fsp3) is 0.0714. The summed E-state index contributed by atoms with van der Waals surface area (Å²) in [7, 11) is 0. The fourth-order valence-corrected chi connectivity index (χ4v) is 2.49. The molecule has 3 heterocycles. The number of nitrogens with zero attached hydrogens (tertiary/aromatic N) is 3. The summed E-state index contributed by atoms with van der Waals surface area (Å²) in [6.07, 6.45) is 6.81. The lowest BCUT2D eigenvalue weighted by Gasteiger charge is -2.02. The van der Waals surface area contributed by atoms with E-state index in [1.165, 1.54) is 0 Å². The number of amides is 1. The van der Waals surface area contributed by atoms with Gasteiger partial charge < -0.3 is 9.72 Å². The normalized spacial score (nSPS) is 10.8. The monoisotopic (exact) mass is 320 g/mol. The molecule has 5 nitrogen and oxygen atoms in total. The van der Waals surface area contributed by atoms with Gasteiger partial charge in [-0.15, -0.1) is 0 Å². The number of imidazole rings is 1. The van der Waals surface area contributed by atoms with Crippen LogP contribution < -0.4 is 5.32 Å². The minimum absolute atomic E-state index is 0.151. The number of anilines is 1. The van der Waals surface area contributed by atoms with Crippen LogP contribution in [0.2, 0.25) is 10.0 Å². The third-order valence-electron chi connectivity index (χ3n) is 2.83. The molecule has 1 N–H and O–H groups in total. The van der Waals surface area contributed by atoms with Crippen molar-refractivity contribution in [1.29, 1.82) is 0 Å². The predicted octanol–water partition coefficient (Wildman–Crippen LogP) is 3.22. The van der Waals surface area contributed by atoms with Crippen molar-refractivity contribution in [2.24, 2.45) is 0 Å². The van der Waals surface area contributed by atoms with Gasteiger partial charge in [0.2, 0.25) is 5.91 Å². The number of hydrogen-bond donors (Lipinski definition) is 1. The zero-order valence-electron chi connectivity index (χ0n) is 10.8. The molecule has 3 rings (SSSR count). The van der Waals surface area contributed by atoms with Crippen LogP contribution in [-0.4, -0.2) is 20.3 Å². The van der Waals surface area contributed by atoms with E-state index >= 15 is 0 Å². The number of rotatable bonds is 3. The molecule has 0 unspecified atom stereocenters. The van der Waals surface area contributed by atoms with Crippen molar-refractivity contribution in [3.05, 3.63) is 58.7 Å². The molecular weight excluding hydrogens is 311 g/mol. The molecule has 0 saturated carbocycles. The summed E-state index contributed by atoms with van der Waals surface area (Å²) in [5.41, 5.74) is 1.89. The predicted molar refractivity (Wildman–Crippen MR) is 81.8 cm³/mol. The number of halogens is 2. The van der Waals surface area contributed by atoms with E-state index in [0.29, 0.717) is 27.1 Å². The molecule has 3 aromatic heterocycles. The van der Waals surface area contributed by atoms with E-state index in [1.54, 1.807) is 47.4 Å². The summed E-state index contributed by atoms with van der Waals surface area (Å²) in [5, 5.41) is 3.73. The van der Waals surface area contributed by atoms with Gasteiger partial charge in [0.1, 0.15) is 0 Å². The lowest BCUT2D eigenvalue weighted by Crippen LogP contribution is -2.14. The zero-order valence-corrected chi connectivity index (χ0v) is 12.3. The SMILES string of the molecule is O=C(Cc1cn2cc(Cl)cc(Cl)c2n1)Nc1ccncc1. The van der Waals surface area contributed by atoms with Crippen molar-refractivity contribution in [2.45, 2.75) is 6.42 Å². The molecule has 21 heavy (non-hydrogen) atoms. The molecule has 0 aliphatic carbocycles. The van der Waals surface area contributed by atoms with Crippen LogP contribution >= 0.6 is 23.2 Å². The Morgan fingerprint density at radius 3 is 2.76 bits per heavy atom. The highest BCUT2D eigenvalue weighted by Gasteiger charge is 2.10. The van der Waals surface area contributed by atoms with Crippen LogP contribution in [0.1, 0.15) is 5.69 Å². The highest BCUT2D eigenvalue weighted by molar-refractivity contribution is 6.36. The molecule has 0 fully saturated rings. The largest absolute Gasteiger partial charge is 0.326 e. The molecule has 1 amide bonds. The lowest BCUT2D eigenvalue weighted by atomic mass is 10.3. The zero-order chi connectivity index (χ0) is 14.8. The van der Waals surface area contributed by atoms with E-state index in [1.807, 2.05) is 0 Å². The van der Waals surface area contributed by atoms with Gasteiger partial charge in [-0.05, 0) is 18.2 Å². The molecule has 0 aromatic carbocycles. The maximum absolute atomic E-state index is 12.0. The van der Waals surface area contributed by atoms with Crippen molar-refractivity contribution in [3.63, 3.8) is 0 Å². The summed E-state index contributed by atoms with van der Waals surface area (Å²) >= 11 is 12.0. The Labute approximate surface area is 130 Å². The number of pyridine rings is 2. The highest BCUT2D eigenvalue weighted by atomic mass is 35.5. The average molecular weight is 321 g/mol. The van der Waals surface area contributed by atoms with Gasteiger partial charge in [-0.3, -0.25) is 9.78 Å². The summed E-state index contributed by atoms with van der Waals surface area (Å²) in [6, 6.07) is 5.06. The van der Waals surface area contributed by atoms with Crippen molar-refractivity contribution >= 4 is 40.4 Å². The number of fused-ring (bicyclic) bond motifs is 1. The van der Waals surface area contributed by atoms with E-state index in [4.69, 9.17) is 23.2 Å². The molecular formula is C14H10Cl2N4O. The average Bonchev–Trinajstić information content (AvgIpc) is 2.82. The van der Waals surface area contributed by atoms with E-state index in [2.05, 4.69) is 15.3 Å². The molecule has 106 valence electrons. The minimum Gasteiger partial charge on any atom is -0.326 e. The second-order valence-electron chi connectivity index (χ2n) is 4.43. The van der Waals surface area contributed by atoms with Gasteiger partial charge in [0.05, 0.1) is 22.2 Å². The molecule has 0 bridgehead atoms. The summed E-state index contributed by atoms with van der Waals surface area (Å²) < 4.78 is 1.71. The number of hydrogen-bond acceptors (Lipinski definition) is 3. The molecule has 0 atom stereocenters. The summed E-state index contributed by atoms with van der Waals surface area (Å²) in [6.45, 7) is 0. The third-order valence-corrected chi connectivity index (χ3v) is 3.31. The number of carbonyl (C=O) groups is 1. The minimum atomic E-state index is -0.160. The number of carbonyl (C=O) groups excluding carboxylic acids is 1. The van der Waals surface area contributed by atoms with Gasteiger partial charge in [-0.1, -0.05) is 23.2 Å². The van der Waals surface area contributed by atoms with E-state index in [0.717, 1.165) is 0 Å². The quantitative estimate of drug-likeness (QED) is 0.806. The van der Waals surface area contributed by atoms with Gasteiger partial charge in [0.15, 0.2) is 5.65 Å². The second kappa shape index (κ2) is 5.71. The first-order chi connectivity index (χ1) is 10.1. The van der Waals surface area contributed by atoms with Gasteiger partial charge >= 0.3 is 0 Å². The van der Waals surface area contributed by atoms with Crippen LogP contribution in [-0.2, 0) is 11.2 Å². The van der Waals surface area contributed by atoms with E-state index < -0.39 is 0 Å². The van der Waals surface area contributed by atoms with Crippen molar-refractivity contribution in [3.8, 4) is 0 Å². The summed E-state index contributed by atoms with van der Waals surface area (Å²) in [4.78, 5) is 20.2. The smallest absolute Gasteiger partial charge is 0.230 e. The number of nitrogens with one attached hydrogen (secondary N) is 1. The topological polar surface area (TPSA) is 59.3 Å². The molecule has 7 heteroatoms. The molecule has 0 spiro atoms. The Morgan fingerprint density at radius 2 is 2.00 bits per heavy atom. The summed E-state index contributed by atoms with van der Waals surface area (Å²) in [5.74, 6) is -0.160. The van der Waals surface area contributed by atoms with Crippen molar-refractivity contribution in [1.82, 2.24) is 14.4 Å². The molecule has 0 aliphatic rings. The first-order valence-electron chi connectivity index (χ1n) is 6.14. The van der Waals surface area contributed by atoms with Crippen molar-refractivity contribution < 1.29 is 4.79 Å². The highest BCUT2D eigenvalue weighted by Crippen LogP contribution is 2.22. The molecule has 0 radical (unpaired) electrons. The number of aromatic nitrogens is 3. The van der Waals surface area contributed by atoms with Gasteiger partial charge in [0, 0.05) is 30.5 Å². The fourth-order valence-electron chi connectivity index (χ4n) is 1.97. The van der Waals surface area contributed by atoms with Crippen molar-refractivity contribution in [2.75, 3.05) is 5.32 Å². The second-order valence-corrected chi connectivity index (χ2v) is 5.27.